The Hall–Kier alpha value is -2.72. The van der Waals surface area contributed by atoms with E-state index in [1.165, 1.54) is 11.1 Å². The van der Waals surface area contributed by atoms with Gasteiger partial charge in [0, 0.05) is 17.2 Å². The van der Waals surface area contributed by atoms with Crippen LogP contribution in [-0.2, 0) is 12.2 Å². The smallest absolute Gasteiger partial charge is 0.252 e. The van der Waals surface area contributed by atoms with Crippen molar-refractivity contribution in [1.29, 1.82) is 0 Å². The zero-order chi connectivity index (χ0) is 20.3. The van der Waals surface area contributed by atoms with Crippen LogP contribution in [-0.4, -0.2) is 19.1 Å². The minimum Gasteiger partial charge on any atom is -0.494 e. The Morgan fingerprint density at radius 1 is 0.897 bits per heavy atom. The maximum atomic E-state index is 12.7. The Bertz CT molecular complexity index is 894. The number of carbonyl (C=O) groups excluding carboxylic acids is 1. The Labute approximate surface area is 177 Å². The number of amides is 1. The average Bonchev–Trinajstić information content (AvgIpc) is 2.77. The van der Waals surface area contributed by atoms with E-state index in [0.717, 1.165) is 34.8 Å². The summed E-state index contributed by atoms with van der Waals surface area (Å²) in [6.45, 7) is 3.31. The van der Waals surface area contributed by atoms with Crippen molar-refractivity contribution in [3.05, 3.63) is 95.6 Å². The highest BCUT2D eigenvalue weighted by Gasteiger charge is 2.11. The first-order chi connectivity index (χ1) is 14.3. The van der Waals surface area contributed by atoms with Crippen molar-refractivity contribution >= 4 is 17.7 Å². The van der Waals surface area contributed by atoms with E-state index in [-0.39, 0.29) is 5.91 Å². The molecule has 3 aromatic carbocycles. The third-order valence-corrected chi connectivity index (χ3v) is 5.68. The zero-order valence-electron chi connectivity index (χ0n) is 16.8. The summed E-state index contributed by atoms with van der Waals surface area (Å²) < 4.78 is 5.47. The van der Waals surface area contributed by atoms with Gasteiger partial charge >= 0.3 is 0 Å². The van der Waals surface area contributed by atoms with Gasteiger partial charge in [0.2, 0.25) is 0 Å². The molecule has 0 radical (unpaired) electrons. The molecule has 0 aliphatic rings. The minimum absolute atomic E-state index is 0.00662. The predicted molar refractivity (Wildman–Crippen MR) is 121 cm³/mol. The number of carbonyl (C=O) groups is 1. The molecule has 0 saturated heterocycles. The molecule has 1 N–H and O–H groups in total. The largest absolute Gasteiger partial charge is 0.494 e. The van der Waals surface area contributed by atoms with Gasteiger partial charge in [-0.2, -0.15) is 0 Å². The molecule has 0 aliphatic carbocycles. The molecule has 3 rings (SSSR count). The van der Waals surface area contributed by atoms with Crippen molar-refractivity contribution in [3.63, 3.8) is 0 Å². The van der Waals surface area contributed by atoms with Gasteiger partial charge in [-0.1, -0.05) is 54.6 Å². The first kappa shape index (κ1) is 21.0. The van der Waals surface area contributed by atoms with E-state index in [0.29, 0.717) is 13.2 Å². The molecule has 4 heteroatoms. The van der Waals surface area contributed by atoms with Crippen molar-refractivity contribution in [2.24, 2.45) is 0 Å². The normalized spacial score (nSPS) is 10.5. The molecule has 0 unspecified atom stereocenters. The summed E-state index contributed by atoms with van der Waals surface area (Å²) in [5.74, 6) is 1.74. The van der Waals surface area contributed by atoms with E-state index >= 15 is 0 Å². The summed E-state index contributed by atoms with van der Waals surface area (Å²) in [4.78, 5) is 13.7. The fourth-order valence-corrected chi connectivity index (χ4v) is 4.03. The van der Waals surface area contributed by atoms with E-state index in [1.807, 2.05) is 61.5 Å². The number of rotatable bonds is 10. The minimum atomic E-state index is -0.00662. The molecular weight excluding hydrogens is 378 g/mol. The van der Waals surface area contributed by atoms with Gasteiger partial charge in [0.05, 0.1) is 12.2 Å². The van der Waals surface area contributed by atoms with E-state index in [2.05, 4.69) is 29.6 Å². The quantitative estimate of drug-likeness (QED) is 0.345. The molecule has 0 aromatic heterocycles. The summed E-state index contributed by atoms with van der Waals surface area (Å²) in [5.41, 5.74) is 3.25. The fourth-order valence-electron chi connectivity index (χ4n) is 3.02. The number of hydrogen-bond acceptors (Lipinski definition) is 3. The number of ether oxygens (including phenoxy) is 1. The highest BCUT2D eigenvalue weighted by molar-refractivity contribution is 7.98. The van der Waals surface area contributed by atoms with Crippen LogP contribution in [0.25, 0.3) is 0 Å². The molecule has 0 atom stereocenters. The predicted octanol–water partition coefficient (Wildman–Crippen LogP) is 5.74. The Balaban J connectivity index is 1.48. The summed E-state index contributed by atoms with van der Waals surface area (Å²) in [7, 11) is 0. The second-order valence-electron chi connectivity index (χ2n) is 6.71. The van der Waals surface area contributed by atoms with E-state index < -0.39 is 0 Å². The molecule has 0 saturated carbocycles. The van der Waals surface area contributed by atoms with Crippen LogP contribution in [0.15, 0.2) is 83.8 Å². The number of thioether (sulfide) groups is 1. The Morgan fingerprint density at radius 3 is 2.38 bits per heavy atom. The van der Waals surface area contributed by atoms with E-state index in [4.69, 9.17) is 4.74 Å². The van der Waals surface area contributed by atoms with Crippen LogP contribution in [0.2, 0.25) is 0 Å². The number of hydrogen-bond donors (Lipinski definition) is 1. The second kappa shape index (κ2) is 11.3. The highest BCUT2D eigenvalue weighted by Crippen LogP contribution is 2.26. The average molecular weight is 406 g/mol. The van der Waals surface area contributed by atoms with Crippen LogP contribution < -0.4 is 10.1 Å². The molecule has 0 heterocycles. The lowest BCUT2D eigenvalue weighted by Crippen LogP contribution is -2.25. The standard InChI is InChI=1S/C25H27NO2S/c1-2-28-22-16-14-20(15-17-22)11-8-18-26-25(27)23-12-6-7-13-24(23)29-19-21-9-4-3-5-10-21/h3-7,9-10,12-17H,2,8,11,18-19H2,1H3,(H,26,27). The van der Waals surface area contributed by atoms with Gasteiger partial charge in [-0.25, -0.2) is 0 Å². The molecule has 1 amide bonds. The van der Waals surface area contributed by atoms with E-state index in [1.54, 1.807) is 11.8 Å². The van der Waals surface area contributed by atoms with Crippen LogP contribution in [0.5, 0.6) is 5.75 Å². The lowest BCUT2D eigenvalue weighted by Gasteiger charge is -2.10. The molecule has 3 aromatic rings. The van der Waals surface area contributed by atoms with Crippen molar-refractivity contribution in [3.8, 4) is 5.75 Å². The van der Waals surface area contributed by atoms with Crippen molar-refractivity contribution in [1.82, 2.24) is 5.32 Å². The van der Waals surface area contributed by atoms with Gasteiger partial charge in [-0.05, 0) is 55.2 Å². The highest BCUT2D eigenvalue weighted by atomic mass is 32.2. The van der Waals surface area contributed by atoms with Crippen molar-refractivity contribution < 1.29 is 9.53 Å². The Kier molecular flexibility index (Phi) is 8.20. The molecular formula is C25H27NO2S. The lowest BCUT2D eigenvalue weighted by atomic mass is 10.1. The maximum absolute atomic E-state index is 12.7. The fraction of sp³-hybridized carbons (Fsp3) is 0.240. The number of nitrogens with one attached hydrogen (secondary N) is 1. The molecule has 0 bridgehead atoms. The van der Waals surface area contributed by atoms with Gasteiger partial charge < -0.3 is 10.1 Å². The molecule has 0 fully saturated rings. The summed E-state index contributed by atoms with van der Waals surface area (Å²) in [5, 5.41) is 3.06. The molecule has 29 heavy (non-hydrogen) atoms. The number of aryl methyl sites for hydroxylation is 1. The first-order valence-electron chi connectivity index (χ1n) is 10.0. The van der Waals surface area contributed by atoms with Crippen molar-refractivity contribution in [2.75, 3.05) is 13.2 Å². The molecule has 150 valence electrons. The van der Waals surface area contributed by atoms with Crippen LogP contribution >= 0.6 is 11.8 Å². The number of benzene rings is 3. The van der Waals surface area contributed by atoms with Crippen LogP contribution in [0, 0.1) is 0 Å². The van der Waals surface area contributed by atoms with Crippen LogP contribution in [0.1, 0.15) is 34.8 Å². The SMILES string of the molecule is CCOc1ccc(CCCNC(=O)c2ccccc2SCc2ccccc2)cc1. The maximum Gasteiger partial charge on any atom is 0.252 e. The van der Waals surface area contributed by atoms with E-state index in [9.17, 15) is 4.79 Å². The second-order valence-corrected chi connectivity index (χ2v) is 7.72. The van der Waals surface area contributed by atoms with Gasteiger partial charge in [-0.15, -0.1) is 11.8 Å². The topological polar surface area (TPSA) is 38.3 Å². The van der Waals surface area contributed by atoms with Gasteiger partial charge in [0.15, 0.2) is 0 Å². The zero-order valence-corrected chi connectivity index (χ0v) is 17.6. The van der Waals surface area contributed by atoms with Crippen molar-refractivity contribution in [2.45, 2.75) is 30.4 Å². The summed E-state index contributed by atoms with van der Waals surface area (Å²) >= 11 is 1.70. The van der Waals surface area contributed by atoms with Gasteiger partial charge in [-0.3, -0.25) is 4.79 Å². The molecule has 3 nitrogen and oxygen atoms in total. The first-order valence-corrected chi connectivity index (χ1v) is 11.0. The Morgan fingerprint density at radius 2 is 1.62 bits per heavy atom. The monoisotopic (exact) mass is 405 g/mol. The third kappa shape index (κ3) is 6.68. The van der Waals surface area contributed by atoms with Crippen LogP contribution in [0.3, 0.4) is 0 Å². The molecule has 0 aliphatic heterocycles. The summed E-state index contributed by atoms with van der Waals surface area (Å²) in [6, 6.07) is 26.3. The lowest BCUT2D eigenvalue weighted by molar-refractivity contribution is 0.0950. The summed E-state index contributed by atoms with van der Waals surface area (Å²) in [6.07, 6.45) is 1.83. The van der Waals surface area contributed by atoms with Crippen LogP contribution in [0.4, 0.5) is 0 Å². The molecule has 0 spiro atoms. The van der Waals surface area contributed by atoms with Gasteiger partial charge in [0.1, 0.15) is 5.75 Å². The van der Waals surface area contributed by atoms with Gasteiger partial charge in [0.25, 0.3) is 5.91 Å². The third-order valence-electron chi connectivity index (χ3n) is 4.53.